The fourth-order valence-corrected chi connectivity index (χ4v) is 2.53. The Balaban J connectivity index is 0.00000529. The number of hydrogen-bond acceptors (Lipinski definition) is 3. The fraction of sp³-hybridized carbons (Fsp3) is 0.882. The third-order valence-corrected chi connectivity index (χ3v) is 4.28. The van der Waals surface area contributed by atoms with Crippen LogP contribution in [0.5, 0.6) is 0 Å². The second kappa shape index (κ2) is 11.9. The molecule has 0 saturated carbocycles. The van der Waals surface area contributed by atoms with Crippen LogP contribution >= 0.6 is 24.0 Å². The number of carbonyl (C=O) groups excluding carboxylic acids is 1. The van der Waals surface area contributed by atoms with Gasteiger partial charge in [0.05, 0.1) is 6.54 Å². The van der Waals surface area contributed by atoms with Crippen molar-refractivity contribution >= 4 is 35.8 Å². The Bertz CT molecular complexity index is 400. The summed E-state index contributed by atoms with van der Waals surface area (Å²) < 4.78 is 0. The first kappa shape index (κ1) is 23.4. The highest BCUT2D eigenvalue weighted by molar-refractivity contribution is 14.0. The number of aliphatic imine (C=N–C) groups is 1. The van der Waals surface area contributed by atoms with Gasteiger partial charge in [-0.1, -0.05) is 13.8 Å². The van der Waals surface area contributed by atoms with Crippen molar-refractivity contribution < 1.29 is 4.79 Å². The van der Waals surface area contributed by atoms with Gasteiger partial charge in [0.1, 0.15) is 0 Å². The predicted molar refractivity (Wildman–Crippen MR) is 112 cm³/mol. The van der Waals surface area contributed by atoms with Crippen molar-refractivity contribution in [2.75, 3.05) is 39.8 Å². The lowest BCUT2D eigenvalue weighted by atomic mass is 10.2. The molecule has 24 heavy (non-hydrogen) atoms. The standard InChI is InChI=1S/C17H35N5O.HI/c1-7-18-17(19-9-11-21(6)14(4)5)20-15-8-10-22(12-15)16(23)13(2)3;/h13-15H,7-12H2,1-6H3,(H2,18,19,20);1H. The van der Waals surface area contributed by atoms with Gasteiger partial charge in [-0.15, -0.1) is 24.0 Å². The van der Waals surface area contributed by atoms with Crippen molar-refractivity contribution in [2.45, 2.75) is 53.1 Å². The van der Waals surface area contributed by atoms with Gasteiger partial charge in [-0.05, 0) is 34.2 Å². The molecule has 1 rings (SSSR count). The van der Waals surface area contributed by atoms with E-state index >= 15 is 0 Å². The zero-order valence-corrected chi connectivity index (χ0v) is 18.5. The summed E-state index contributed by atoms with van der Waals surface area (Å²) in [7, 11) is 2.12. The molecule has 1 atom stereocenters. The second-order valence-corrected chi connectivity index (χ2v) is 6.90. The number of nitrogens with zero attached hydrogens (tertiary/aromatic N) is 3. The van der Waals surface area contributed by atoms with Gasteiger partial charge >= 0.3 is 0 Å². The van der Waals surface area contributed by atoms with E-state index in [1.807, 2.05) is 18.7 Å². The quantitative estimate of drug-likeness (QED) is 0.351. The first-order chi connectivity index (χ1) is 10.8. The van der Waals surface area contributed by atoms with Crippen LogP contribution in [0.2, 0.25) is 0 Å². The normalized spacial score (nSPS) is 18.3. The average Bonchev–Trinajstić information content (AvgIpc) is 2.94. The third-order valence-electron chi connectivity index (χ3n) is 4.28. The number of amides is 1. The van der Waals surface area contributed by atoms with Crippen LogP contribution in [0.15, 0.2) is 4.99 Å². The number of rotatable bonds is 7. The summed E-state index contributed by atoms with van der Waals surface area (Å²) in [6.45, 7) is 14.5. The molecule has 1 saturated heterocycles. The summed E-state index contributed by atoms with van der Waals surface area (Å²) >= 11 is 0. The van der Waals surface area contributed by atoms with Gasteiger partial charge < -0.3 is 20.4 Å². The molecule has 0 aromatic heterocycles. The van der Waals surface area contributed by atoms with Crippen LogP contribution in [0.3, 0.4) is 0 Å². The van der Waals surface area contributed by atoms with Gasteiger partial charge in [0.25, 0.3) is 0 Å². The number of likely N-dealkylation sites (tertiary alicyclic amines) is 1. The number of guanidine groups is 1. The van der Waals surface area contributed by atoms with E-state index in [0.29, 0.717) is 12.1 Å². The lowest BCUT2D eigenvalue weighted by molar-refractivity contribution is -0.133. The van der Waals surface area contributed by atoms with Crippen molar-refractivity contribution in [3.8, 4) is 0 Å². The van der Waals surface area contributed by atoms with Crippen LogP contribution in [-0.4, -0.2) is 73.5 Å². The summed E-state index contributed by atoms with van der Waals surface area (Å²) in [5, 5.41) is 6.77. The Morgan fingerprint density at radius 1 is 1.33 bits per heavy atom. The van der Waals surface area contributed by atoms with Crippen molar-refractivity contribution in [3.63, 3.8) is 0 Å². The summed E-state index contributed by atoms with van der Waals surface area (Å²) in [5.41, 5.74) is 0. The number of nitrogens with one attached hydrogen (secondary N) is 2. The van der Waals surface area contributed by atoms with Crippen molar-refractivity contribution in [2.24, 2.45) is 10.9 Å². The summed E-state index contributed by atoms with van der Waals surface area (Å²) in [5.74, 6) is 1.17. The fourth-order valence-electron chi connectivity index (χ4n) is 2.53. The topological polar surface area (TPSA) is 60.0 Å². The van der Waals surface area contributed by atoms with E-state index in [-0.39, 0.29) is 35.8 Å². The number of carbonyl (C=O) groups is 1. The predicted octanol–water partition coefficient (Wildman–Crippen LogP) is 1.76. The molecule has 0 radical (unpaired) electrons. The van der Waals surface area contributed by atoms with Crippen LogP contribution in [0, 0.1) is 5.92 Å². The average molecular weight is 453 g/mol. The number of halogens is 1. The smallest absolute Gasteiger partial charge is 0.225 e. The molecule has 0 aromatic rings. The van der Waals surface area contributed by atoms with E-state index in [1.54, 1.807) is 0 Å². The van der Waals surface area contributed by atoms with Crippen LogP contribution in [0.1, 0.15) is 41.0 Å². The van der Waals surface area contributed by atoms with E-state index in [2.05, 4.69) is 48.3 Å². The monoisotopic (exact) mass is 453 g/mol. The van der Waals surface area contributed by atoms with E-state index in [1.165, 1.54) is 0 Å². The zero-order valence-electron chi connectivity index (χ0n) is 16.1. The molecule has 1 unspecified atom stereocenters. The van der Waals surface area contributed by atoms with Crippen molar-refractivity contribution in [3.05, 3.63) is 0 Å². The van der Waals surface area contributed by atoms with Crippen LogP contribution < -0.4 is 10.6 Å². The molecular weight excluding hydrogens is 417 g/mol. The Kier molecular flexibility index (Phi) is 11.6. The van der Waals surface area contributed by atoms with Gasteiger partial charge in [0.15, 0.2) is 5.96 Å². The molecule has 0 bridgehead atoms. The molecule has 0 aromatic carbocycles. The molecule has 1 aliphatic heterocycles. The molecule has 6 nitrogen and oxygen atoms in total. The van der Waals surface area contributed by atoms with E-state index < -0.39 is 0 Å². The maximum Gasteiger partial charge on any atom is 0.225 e. The van der Waals surface area contributed by atoms with Gasteiger partial charge in [0.2, 0.25) is 5.91 Å². The molecule has 1 fully saturated rings. The minimum absolute atomic E-state index is 0. The molecule has 2 N–H and O–H groups in total. The summed E-state index contributed by atoms with van der Waals surface area (Å²) in [6, 6.07) is 0.824. The lowest BCUT2D eigenvalue weighted by Gasteiger charge is -2.21. The van der Waals surface area contributed by atoms with Crippen LogP contribution in [-0.2, 0) is 4.79 Å². The minimum atomic E-state index is 0. The molecule has 1 heterocycles. The second-order valence-electron chi connectivity index (χ2n) is 6.90. The van der Waals surface area contributed by atoms with E-state index in [0.717, 1.165) is 45.1 Å². The molecule has 7 heteroatoms. The highest BCUT2D eigenvalue weighted by atomic mass is 127. The van der Waals surface area contributed by atoms with Crippen LogP contribution in [0.25, 0.3) is 0 Å². The van der Waals surface area contributed by atoms with E-state index in [4.69, 9.17) is 0 Å². The largest absolute Gasteiger partial charge is 0.357 e. The molecule has 0 spiro atoms. The van der Waals surface area contributed by atoms with Gasteiger partial charge in [-0.2, -0.15) is 0 Å². The molecule has 142 valence electrons. The zero-order chi connectivity index (χ0) is 17.4. The Morgan fingerprint density at radius 3 is 2.54 bits per heavy atom. The van der Waals surface area contributed by atoms with Gasteiger partial charge in [0, 0.05) is 44.2 Å². The Hall–Kier alpha value is -0.570. The maximum absolute atomic E-state index is 12.1. The van der Waals surface area contributed by atoms with Crippen molar-refractivity contribution in [1.82, 2.24) is 20.4 Å². The molecule has 0 aliphatic carbocycles. The number of hydrogen-bond donors (Lipinski definition) is 2. The Morgan fingerprint density at radius 2 is 2.00 bits per heavy atom. The highest BCUT2D eigenvalue weighted by Crippen LogP contribution is 2.12. The molecule has 1 aliphatic rings. The minimum Gasteiger partial charge on any atom is -0.357 e. The first-order valence-electron chi connectivity index (χ1n) is 8.89. The molecule has 1 amide bonds. The van der Waals surface area contributed by atoms with Gasteiger partial charge in [-0.25, -0.2) is 0 Å². The number of likely N-dealkylation sites (N-methyl/N-ethyl adjacent to an activating group) is 1. The summed E-state index contributed by atoms with van der Waals surface area (Å²) in [4.78, 5) is 21.0. The van der Waals surface area contributed by atoms with Crippen LogP contribution in [0.4, 0.5) is 0 Å². The third kappa shape index (κ3) is 8.00. The SMILES string of the molecule is CCNC(=NCCN(C)C(C)C)NC1CCN(C(=O)C(C)C)C1.I. The molecular formula is C17H36IN5O. The van der Waals surface area contributed by atoms with Crippen molar-refractivity contribution in [1.29, 1.82) is 0 Å². The summed E-state index contributed by atoms with van der Waals surface area (Å²) in [6.07, 6.45) is 0.981. The maximum atomic E-state index is 12.1. The lowest BCUT2D eigenvalue weighted by Crippen LogP contribution is -2.45. The van der Waals surface area contributed by atoms with E-state index in [9.17, 15) is 4.79 Å². The Labute approximate surface area is 164 Å². The first-order valence-corrected chi connectivity index (χ1v) is 8.89. The van der Waals surface area contributed by atoms with Gasteiger partial charge in [-0.3, -0.25) is 9.79 Å². The highest BCUT2D eigenvalue weighted by Gasteiger charge is 2.27.